The number of methoxy groups -OCH3 is 1. The van der Waals surface area contributed by atoms with Gasteiger partial charge in [-0.1, -0.05) is 30.4 Å². The largest absolute Gasteiger partial charge is 0.497 e. The average Bonchev–Trinajstić information content (AvgIpc) is 3.20. The summed E-state index contributed by atoms with van der Waals surface area (Å²) in [6, 6.07) is 15.1. The third-order valence-corrected chi connectivity index (χ3v) is 5.73. The lowest BCUT2D eigenvalue weighted by molar-refractivity contribution is -0.131. The Labute approximate surface area is 200 Å². The number of hydrogen-bond donors (Lipinski definition) is 1. The monoisotopic (exact) mass is 476 g/mol. The fraction of sp³-hybridized carbons (Fsp3) is 0.231. The van der Waals surface area contributed by atoms with Crippen LogP contribution in [-0.2, 0) is 4.79 Å². The molecule has 9 heteroatoms. The van der Waals surface area contributed by atoms with Crippen LogP contribution in [0.4, 0.5) is 8.78 Å². The molecule has 1 unspecified atom stereocenters. The molecule has 3 aromatic rings. The number of pyridine rings is 1. The number of nitriles is 1. The van der Waals surface area contributed by atoms with Gasteiger partial charge in [-0.25, -0.2) is 8.78 Å². The first-order chi connectivity index (χ1) is 16.8. The minimum Gasteiger partial charge on any atom is -0.497 e. The van der Waals surface area contributed by atoms with Crippen molar-refractivity contribution in [1.82, 2.24) is 15.2 Å². The first-order valence-corrected chi connectivity index (χ1v) is 10.9. The molecule has 1 aliphatic rings. The molecule has 4 rings (SSSR count). The predicted molar refractivity (Wildman–Crippen MR) is 127 cm³/mol. The highest BCUT2D eigenvalue weighted by atomic mass is 19.3. The van der Waals surface area contributed by atoms with Gasteiger partial charge >= 0.3 is 0 Å². The minimum absolute atomic E-state index is 0.297. The molecule has 2 aromatic carbocycles. The number of halogens is 2. The van der Waals surface area contributed by atoms with E-state index in [9.17, 15) is 18.4 Å². The molecule has 35 heavy (non-hydrogen) atoms. The van der Waals surface area contributed by atoms with E-state index in [1.807, 2.05) is 48.6 Å². The fourth-order valence-corrected chi connectivity index (χ4v) is 3.92. The van der Waals surface area contributed by atoms with Crippen LogP contribution in [0.15, 0.2) is 54.7 Å². The molecule has 1 aromatic heterocycles. The lowest BCUT2D eigenvalue weighted by Gasteiger charge is -2.19. The van der Waals surface area contributed by atoms with E-state index in [4.69, 9.17) is 10.00 Å². The highest BCUT2D eigenvalue weighted by Crippen LogP contribution is 2.31. The number of likely N-dealkylation sites (tertiary alicyclic amines) is 1. The van der Waals surface area contributed by atoms with Gasteiger partial charge in [0.2, 0.25) is 5.91 Å². The SMILES string of the molecule is COc1ccc(/C=C/c2ccc3nccc(C(=O)NCC(=O)N4CC(F)(F)CC4C#N)c3c2)cc1. The first-order valence-electron chi connectivity index (χ1n) is 10.9. The van der Waals surface area contributed by atoms with Gasteiger partial charge in [0.05, 0.1) is 37.3 Å². The van der Waals surface area contributed by atoms with E-state index >= 15 is 0 Å². The summed E-state index contributed by atoms with van der Waals surface area (Å²) in [6.45, 7) is -1.32. The number of aromatic nitrogens is 1. The van der Waals surface area contributed by atoms with Crippen LogP contribution in [0, 0.1) is 11.3 Å². The number of rotatable bonds is 6. The maximum atomic E-state index is 13.6. The smallest absolute Gasteiger partial charge is 0.268 e. The molecule has 2 heterocycles. The van der Waals surface area contributed by atoms with Crippen molar-refractivity contribution in [3.8, 4) is 11.8 Å². The van der Waals surface area contributed by atoms with Crippen LogP contribution in [0.2, 0.25) is 0 Å². The van der Waals surface area contributed by atoms with Crippen molar-refractivity contribution >= 4 is 34.9 Å². The quantitative estimate of drug-likeness (QED) is 0.545. The first kappa shape index (κ1) is 23.8. The summed E-state index contributed by atoms with van der Waals surface area (Å²) < 4.78 is 32.4. The van der Waals surface area contributed by atoms with Gasteiger partial charge in [0.1, 0.15) is 11.8 Å². The molecular formula is C26H22F2N4O3. The molecule has 0 bridgehead atoms. The van der Waals surface area contributed by atoms with Crippen LogP contribution < -0.4 is 10.1 Å². The zero-order chi connectivity index (χ0) is 25.0. The van der Waals surface area contributed by atoms with Gasteiger partial charge in [0.15, 0.2) is 0 Å². The number of nitrogens with zero attached hydrogens (tertiary/aromatic N) is 3. The van der Waals surface area contributed by atoms with Crippen molar-refractivity contribution in [3.05, 3.63) is 71.4 Å². The van der Waals surface area contributed by atoms with E-state index in [0.29, 0.717) is 16.5 Å². The summed E-state index contributed by atoms with van der Waals surface area (Å²) in [5, 5.41) is 12.1. The number of hydrogen-bond acceptors (Lipinski definition) is 5. The predicted octanol–water partition coefficient (Wildman–Crippen LogP) is 3.90. The van der Waals surface area contributed by atoms with Gasteiger partial charge in [-0.3, -0.25) is 14.6 Å². The van der Waals surface area contributed by atoms with Crippen LogP contribution in [0.3, 0.4) is 0 Å². The number of amides is 2. The summed E-state index contributed by atoms with van der Waals surface area (Å²) in [4.78, 5) is 30.4. The number of fused-ring (bicyclic) bond motifs is 1. The van der Waals surface area contributed by atoms with Gasteiger partial charge < -0.3 is 15.0 Å². The Kier molecular flexibility index (Phi) is 6.73. The molecule has 1 fully saturated rings. The molecule has 1 N–H and O–H groups in total. The Hall–Kier alpha value is -4.32. The third-order valence-electron chi connectivity index (χ3n) is 5.73. The third kappa shape index (κ3) is 5.44. The highest BCUT2D eigenvalue weighted by Gasteiger charge is 2.47. The van der Waals surface area contributed by atoms with Gasteiger partial charge in [-0.05, 0) is 41.5 Å². The van der Waals surface area contributed by atoms with Gasteiger partial charge in [-0.2, -0.15) is 5.26 Å². The zero-order valence-corrected chi connectivity index (χ0v) is 18.9. The molecular weight excluding hydrogens is 454 g/mol. The second-order valence-electron chi connectivity index (χ2n) is 8.15. The van der Waals surface area contributed by atoms with Crippen molar-refractivity contribution in [2.45, 2.75) is 18.4 Å². The minimum atomic E-state index is -3.11. The fourth-order valence-electron chi connectivity index (χ4n) is 3.92. The summed E-state index contributed by atoms with van der Waals surface area (Å²) in [5.74, 6) is -3.63. The van der Waals surface area contributed by atoms with Crippen molar-refractivity contribution in [3.63, 3.8) is 0 Å². The van der Waals surface area contributed by atoms with Crippen LogP contribution in [0.1, 0.15) is 27.9 Å². The molecule has 1 atom stereocenters. The normalized spacial score (nSPS) is 16.9. The number of nitrogens with one attached hydrogen (secondary N) is 1. The number of carbonyl (C=O) groups is 2. The lowest BCUT2D eigenvalue weighted by Crippen LogP contribution is -2.43. The Morgan fingerprint density at radius 2 is 1.91 bits per heavy atom. The Morgan fingerprint density at radius 1 is 1.20 bits per heavy atom. The topological polar surface area (TPSA) is 95.3 Å². The van der Waals surface area contributed by atoms with Crippen LogP contribution >= 0.6 is 0 Å². The van der Waals surface area contributed by atoms with Gasteiger partial charge in [0, 0.05) is 18.0 Å². The Balaban J connectivity index is 1.49. The van der Waals surface area contributed by atoms with Crippen LogP contribution in [0.5, 0.6) is 5.75 Å². The molecule has 0 spiro atoms. The van der Waals surface area contributed by atoms with Crippen molar-refractivity contribution in [2.24, 2.45) is 0 Å². The van der Waals surface area contributed by atoms with Crippen LogP contribution in [0.25, 0.3) is 23.1 Å². The second kappa shape index (κ2) is 9.89. The maximum Gasteiger partial charge on any atom is 0.268 e. The number of carbonyl (C=O) groups excluding carboxylic acids is 2. The van der Waals surface area contributed by atoms with Crippen molar-refractivity contribution in [1.29, 1.82) is 5.26 Å². The molecule has 2 amide bonds. The molecule has 0 saturated carbocycles. The van der Waals surface area contributed by atoms with E-state index in [2.05, 4.69) is 10.3 Å². The number of alkyl halides is 2. The number of benzene rings is 2. The van der Waals surface area contributed by atoms with E-state index in [0.717, 1.165) is 21.8 Å². The van der Waals surface area contributed by atoms with Gasteiger partial charge in [0.25, 0.3) is 11.8 Å². The van der Waals surface area contributed by atoms with E-state index in [1.54, 1.807) is 19.2 Å². The molecule has 7 nitrogen and oxygen atoms in total. The maximum absolute atomic E-state index is 13.6. The Morgan fingerprint density at radius 3 is 2.63 bits per heavy atom. The average molecular weight is 476 g/mol. The van der Waals surface area contributed by atoms with Crippen molar-refractivity contribution in [2.75, 3.05) is 20.2 Å². The summed E-state index contributed by atoms with van der Waals surface area (Å²) in [5.41, 5.74) is 2.69. The van der Waals surface area contributed by atoms with Crippen LogP contribution in [-0.4, -0.2) is 53.9 Å². The summed E-state index contributed by atoms with van der Waals surface area (Å²) >= 11 is 0. The zero-order valence-electron chi connectivity index (χ0n) is 18.9. The summed E-state index contributed by atoms with van der Waals surface area (Å²) in [6.07, 6.45) is 4.60. The van der Waals surface area contributed by atoms with Crippen molar-refractivity contribution < 1.29 is 23.1 Å². The molecule has 1 aliphatic heterocycles. The molecule has 178 valence electrons. The molecule has 1 saturated heterocycles. The Bertz CT molecular complexity index is 1330. The lowest BCUT2D eigenvalue weighted by atomic mass is 10.0. The van der Waals surface area contributed by atoms with E-state index < -0.39 is 43.3 Å². The molecule has 0 aliphatic carbocycles. The van der Waals surface area contributed by atoms with E-state index in [1.165, 1.54) is 12.3 Å². The standard InChI is InChI=1S/C26H22F2N4O3/c1-35-20-7-4-17(5-8-20)2-3-18-6-9-23-22(12-18)21(10-11-30-23)25(34)31-15-24(33)32-16-26(27,28)13-19(32)14-29/h2-12,19H,13,15-16H2,1H3,(H,31,34)/b3-2+. The second-order valence-corrected chi connectivity index (χ2v) is 8.15. The van der Waals surface area contributed by atoms with E-state index in [-0.39, 0.29) is 0 Å². The molecule has 0 radical (unpaired) electrons. The number of ether oxygens (including phenoxy) is 1. The van der Waals surface area contributed by atoms with Gasteiger partial charge in [-0.15, -0.1) is 0 Å². The summed E-state index contributed by atoms with van der Waals surface area (Å²) in [7, 11) is 1.60. The highest BCUT2D eigenvalue weighted by molar-refractivity contribution is 6.07.